The van der Waals surface area contributed by atoms with Crippen molar-refractivity contribution < 1.29 is 13.6 Å². The lowest BCUT2D eigenvalue weighted by molar-refractivity contribution is 0.0953. The number of rotatable bonds is 6. The highest BCUT2D eigenvalue weighted by Gasteiger charge is 2.14. The molecule has 0 aliphatic rings. The Morgan fingerprint density at radius 1 is 1.22 bits per heavy atom. The van der Waals surface area contributed by atoms with Crippen LogP contribution in [-0.2, 0) is 0 Å². The minimum Gasteiger partial charge on any atom is -0.351 e. The summed E-state index contributed by atoms with van der Waals surface area (Å²) in [7, 11) is 0. The molecule has 0 aromatic heterocycles. The van der Waals surface area contributed by atoms with Gasteiger partial charge in [0.15, 0.2) is 11.6 Å². The lowest BCUT2D eigenvalue weighted by Gasteiger charge is -2.08. The number of hydrogen-bond donors (Lipinski definition) is 2. The average molecular weight is 277 g/mol. The second-order valence-electron chi connectivity index (χ2n) is 3.75. The molecule has 2 N–H and O–H groups in total. The monoisotopic (exact) mass is 276 g/mol. The van der Waals surface area contributed by atoms with E-state index in [1.54, 1.807) is 0 Å². The SMILES string of the molecule is CCCNCCNC(=O)c1cc(F)c(F)cc1Cl. The first kappa shape index (κ1) is 14.9. The van der Waals surface area contributed by atoms with Crippen LogP contribution in [0.5, 0.6) is 0 Å². The summed E-state index contributed by atoms with van der Waals surface area (Å²) in [5, 5.41) is 5.56. The van der Waals surface area contributed by atoms with Crippen LogP contribution in [0.3, 0.4) is 0 Å². The quantitative estimate of drug-likeness (QED) is 0.619. The molecule has 1 aromatic carbocycles. The molecular weight excluding hydrogens is 262 g/mol. The van der Waals surface area contributed by atoms with Gasteiger partial charge in [-0.05, 0) is 25.1 Å². The summed E-state index contributed by atoms with van der Waals surface area (Å²) in [6, 6.07) is 1.59. The van der Waals surface area contributed by atoms with E-state index in [0.717, 1.165) is 25.1 Å². The zero-order valence-corrected chi connectivity index (χ0v) is 10.8. The zero-order chi connectivity index (χ0) is 13.5. The van der Waals surface area contributed by atoms with Crippen LogP contribution >= 0.6 is 11.6 Å². The molecule has 1 amide bonds. The first-order chi connectivity index (χ1) is 8.56. The van der Waals surface area contributed by atoms with Crippen molar-refractivity contribution in [3.05, 3.63) is 34.4 Å². The van der Waals surface area contributed by atoms with Crippen LogP contribution in [0.15, 0.2) is 12.1 Å². The smallest absolute Gasteiger partial charge is 0.252 e. The molecule has 0 saturated carbocycles. The van der Waals surface area contributed by atoms with Crippen LogP contribution in [0.1, 0.15) is 23.7 Å². The molecule has 100 valence electrons. The van der Waals surface area contributed by atoms with Gasteiger partial charge in [0.25, 0.3) is 5.91 Å². The molecule has 1 rings (SSSR count). The highest BCUT2D eigenvalue weighted by atomic mass is 35.5. The minimum absolute atomic E-state index is 0.0638. The Hall–Kier alpha value is -1.20. The van der Waals surface area contributed by atoms with Gasteiger partial charge in [0.2, 0.25) is 0 Å². The van der Waals surface area contributed by atoms with Gasteiger partial charge in [0.1, 0.15) is 0 Å². The predicted molar refractivity (Wildman–Crippen MR) is 66.9 cm³/mol. The van der Waals surface area contributed by atoms with E-state index < -0.39 is 17.5 Å². The van der Waals surface area contributed by atoms with Crippen molar-refractivity contribution in [2.75, 3.05) is 19.6 Å². The fourth-order valence-electron chi connectivity index (χ4n) is 1.36. The van der Waals surface area contributed by atoms with Crippen LogP contribution in [0, 0.1) is 11.6 Å². The Morgan fingerprint density at radius 3 is 2.56 bits per heavy atom. The van der Waals surface area contributed by atoms with E-state index in [-0.39, 0.29) is 10.6 Å². The van der Waals surface area contributed by atoms with Crippen molar-refractivity contribution in [2.45, 2.75) is 13.3 Å². The molecule has 0 aliphatic carbocycles. The number of nitrogens with one attached hydrogen (secondary N) is 2. The van der Waals surface area contributed by atoms with Gasteiger partial charge in [-0.1, -0.05) is 18.5 Å². The first-order valence-electron chi connectivity index (χ1n) is 5.69. The predicted octanol–water partition coefficient (Wildman–Crippen LogP) is 2.35. The lowest BCUT2D eigenvalue weighted by Crippen LogP contribution is -2.32. The molecule has 3 nitrogen and oxygen atoms in total. The van der Waals surface area contributed by atoms with Crippen molar-refractivity contribution in [1.29, 1.82) is 0 Å². The first-order valence-corrected chi connectivity index (χ1v) is 6.07. The summed E-state index contributed by atoms with van der Waals surface area (Å²) in [5.41, 5.74) is -0.0638. The molecule has 1 aromatic rings. The third-order valence-electron chi connectivity index (χ3n) is 2.27. The normalized spacial score (nSPS) is 10.4. The Bertz CT molecular complexity index is 427. The maximum Gasteiger partial charge on any atom is 0.252 e. The summed E-state index contributed by atoms with van der Waals surface area (Å²) in [5.74, 6) is -2.67. The molecule has 0 fully saturated rings. The zero-order valence-electron chi connectivity index (χ0n) is 10.0. The van der Waals surface area contributed by atoms with Crippen molar-refractivity contribution >= 4 is 17.5 Å². The van der Waals surface area contributed by atoms with E-state index >= 15 is 0 Å². The molecular formula is C12H15ClF2N2O. The Morgan fingerprint density at radius 2 is 1.89 bits per heavy atom. The van der Waals surface area contributed by atoms with Gasteiger partial charge in [0, 0.05) is 13.1 Å². The summed E-state index contributed by atoms with van der Waals surface area (Å²) in [6.45, 7) is 3.91. The van der Waals surface area contributed by atoms with Crippen LogP contribution in [0.2, 0.25) is 5.02 Å². The van der Waals surface area contributed by atoms with Gasteiger partial charge < -0.3 is 10.6 Å². The van der Waals surface area contributed by atoms with E-state index in [1.165, 1.54) is 0 Å². The fraction of sp³-hybridized carbons (Fsp3) is 0.417. The number of hydrogen-bond acceptors (Lipinski definition) is 2. The molecule has 6 heteroatoms. The second kappa shape index (κ2) is 7.28. The summed E-state index contributed by atoms with van der Waals surface area (Å²) in [6.07, 6.45) is 1.00. The van der Waals surface area contributed by atoms with E-state index in [0.29, 0.717) is 13.1 Å². The van der Waals surface area contributed by atoms with Gasteiger partial charge in [-0.15, -0.1) is 0 Å². The average Bonchev–Trinajstić information content (AvgIpc) is 2.33. The Labute approximate surface area is 110 Å². The number of benzene rings is 1. The second-order valence-corrected chi connectivity index (χ2v) is 4.16. The molecule has 18 heavy (non-hydrogen) atoms. The third-order valence-corrected chi connectivity index (χ3v) is 2.58. The molecule has 0 saturated heterocycles. The van der Waals surface area contributed by atoms with E-state index in [9.17, 15) is 13.6 Å². The standard InChI is InChI=1S/C12H15ClF2N2O/c1-2-3-16-4-5-17-12(18)8-6-10(14)11(15)7-9(8)13/h6-7,16H,2-5H2,1H3,(H,17,18). The largest absolute Gasteiger partial charge is 0.351 e. The molecule has 0 unspecified atom stereocenters. The summed E-state index contributed by atoms with van der Waals surface area (Å²) >= 11 is 5.68. The number of carbonyl (C=O) groups excluding carboxylic acids is 1. The van der Waals surface area contributed by atoms with E-state index in [1.807, 2.05) is 6.92 Å². The lowest BCUT2D eigenvalue weighted by atomic mass is 10.2. The van der Waals surface area contributed by atoms with Crippen LogP contribution in [0.25, 0.3) is 0 Å². The number of carbonyl (C=O) groups is 1. The van der Waals surface area contributed by atoms with E-state index in [4.69, 9.17) is 11.6 Å². The highest BCUT2D eigenvalue weighted by Crippen LogP contribution is 2.19. The van der Waals surface area contributed by atoms with Crippen molar-refractivity contribution in [2.24, 2.45) is 0 Å². The van der Waals surface area contributed by atoms with Crippen molar-refractivity contribution in [1.82, 2.24) is 10.6 Å². The highest BCUT2D eigenvalue weighted by molar-refractivity contribution is 6.33. The molecule has 0 bridgehead atoms. The fourth-order valence-corrected chi connectivity index (χ4v) is 1.59. The van der Waals surface area contributed by atoms with Crippen LogP contribution < -0.4 is 10.6 Å². The Balaban J connectivity index is 2.54. The van der Waals surface area contributed by atoms with Crippen LogP contribution in [-0.4, -0.2) is 25.5 Å². The molecule has 0 heterocycles. The maximum atomic E-state index is 13.0. The molecule has 0 radical (unpaired) electrons. The number of amides is 1. The topological polar surface area (TPSA) is 41.1 Å². The Kier molecular flexibility index (Phi) is 6.01. The minimum atomic E-state index is -1.09. The van der Waals surface area contributed by atoms with Gasteiger partial charge in [-0.25, -0.2) is 8.78 Å². The van der Waals surface area contributed by atoms with Crippen LogP contribution in [0.4, 0.5) is 8.78 Å². The van der Waals surface area contributed by atoms with Gasteiger partial charge in [-0.3, -0.25) is 4.79 Å². The van der Waals surface area contributed by atoms with Gasteiger partial charge in [-0.2, -0.15) is 0 Å². The van der Waals surface area contributed by atoms with Gasteiger partial charge >= 0.3 is 0 Å². The molecule has 0 spiro atoms. The molecule has 0 atom stereocenters. The van der Waals surface area contributed by atoms with Crippen molar-refractivity contribution in [3.8, 4) is 0 Å². The summed E-state index contributed by atoms with van der Waals surface area (Å²) < 4.78 is 25.8. The third kappa shape index (κ3) is 4.23. The number of halogens is 3. The maximum absolute atomic E-state index is 13.0. The van der Waals surface area contributed by atoms with Crippen molar-refractivity contribution in [3.63, 3.8) is 0 Å². The summed E-state index contributed by atoms with van der Waals surface area (Å²) in [4.78, 5) is 11.6. The molecule has 0 aliphatic heterocycles. The van der Waals surface area contributed by atoms with E-state index in [2.05, 4.69) is 10.6 Å². The van der Waals surface area contributed by atoms with Gasteiger partial charge in [0.05, 0.1) is 10.6 Å².